The van der Waals surface area contributed by atoms with Crippen LogP contribution in [-0.2, 0) is 20.9 Å². The molecule has 0 saturated carbocycles. The van der Waals surface area contributed by atoms with E-state index in [2.05, 4.69) is 9.62 Å². The van der Waals surface area contributed by atoms with E-state index in [1.165, 1.54) is 38.1 Å². The van der Waals surface area contributed by atoms with Gasteiger partial charge in [0.2, 0.25) is 0 Å². The number of nitrogens with zero attached hydrogens (tertiary/aromatic N) is 1. The summed E-state index contributed by atoms with van der Waals surface area (Å²) in [6, 6.07) is 10.0. The second-order valence-corrected chi connectivity index (χ2v) is 9.82. The third-order valence-corrected chi connectivity index (χ3v) is 7.31. The molecule has 1 saturated heterocycles. The topological polar surface area (TPSA) is 90.2 Å². The van der Waals surface area contributed by atoms with E-state index in [0.717, 1.165) is 29.0 Å². The van der Waals surface area contributed by atoms with Crippen molar-refractivity contribution in [3.05, 3.63) is 71.4 Å². The lowest BCUT2D eigenvalue weighted by atomic mass is 9.98. The Balaban J connectivity index is 1.32. The molecular weight excluding hydrogens is 511 g/mol. The lowest BCUT2D eigenvalue weighted by Gasteiger charge is -2.21. The number of hydrogen-bond donors (Lipinski definition) is 1. The van der Waals surface area contributed by atoms with E-state index in [4.69, 9.17) is 18.6 Å². The number of halogens is 1. The molecule has 10 heteroatoms. The van der Waals surface area contributed by atoms with Crippen LogP contribution in [0.3, 0.4) is 0 Å². The van der Waals surface area contributed by atoms with Gasteiger partial charge in [-0.05, 0) is 60.3 Å². The van der Waals surface area contributed by atoms with Gasteiger partial charge in [-0.3, -0.25) is 9.69 Å². The highest BCUT2D eigenvalue weighted by atomic mass is 32.2. The van der Waals surface area contributed by atoms with Gasteiger partial charge in [0.15, 0.2) is 0 Å². The highest BCUT2D eigenvalue weighted by molar-refractivity contribution is 8.00. The van der Waals surface area contributed by atoms with Crippen molar-refractivity contribution in [2.45, 2.75) is 31.0 Å². The number of esters is 2. The fourth-order valence-corrected chi connectivity index (χ4v) is 5.41. The summed E-state index contributed by atoms with van der Waals surface area (Å²) in [6.07, 6.45) is 6.13. The van der Waals surface area contributed by atoms with Crippen molar-refractivity contribution in [2.75, 3.05) is 31.5 Å². The van der Waals surface area contributed by atoms with Gasteiger partial charge in [-0.15, -0.1) is 0 Å². The van der Waals surface area contributed by atoms with Crippen LogP contribution < -0.4 is 9.46 Å². The minimum Gasteiger partial charge on any atom is -0.484 e. The van der Waals surface area contributed by atoms with Crippen LogP contribution in [0.2, 0.25) is 0 Å². The molecule has 3 heterocycles. The molecular formula is C28H27FN2O6S. The van der Waals surface area contributed by atoms with Crippen molar-refractivity contribution in [1.82, 2.24) is 4.90 Å². The van der Waals surface area contributed by atoms with Crippen molar-refractivity contribution in [1.29, 1.82) is 0 Å². The molecule has 8 nitrogen and oxygen atoms in total. The van der Waals surface area contributed by atoms with Crippen LogP contribution in [0.15, 0.2) is 58.1 Å². The van der Waals surface area contributed by atoms with E-state index in [0.29, 0.717) is 35.9 Å². The first-order valence-corrected chi connectivity index (χ1v) is 13.0. The average molecular weight is 539 g/mol. The number of carbonyl (C=O) groups is 2. The molecule has 2 aromatic carbocycles. The van der Waals surface area contributed by atoms with Gasteiger partial charge in [-0.2, -0.15) is 0 Å². The number of nitrogens with one attached hydrogen (secondary N) is 1. The van der Waals surface area contributed by atoms with Crippen molar-refractivity contribution >= 4 is 35.6 Å². The van der Waals surface area contributed by atoms with E-state index in [1.807, 2.05) is 24.3 Å². The molecule has 1 N–H and O–H groups in total. The first-order chi connectivity index (χ1) is 18.4. The predicted octanol–water partition coefficient (Wildman–Crippen LogP) is 5.53. The number of hydrogen-bond acceptors (Lipinski definition) is 9. The van der Waals surface area contributed by atoms with Crippen molar-refractivity contribution in [2.24, 2.45) is 0 Å². The molecule has 1 aromatic heterocycles. The second-order valence-electron chi connectivity index (χ2n) is 8.97. The number of fused-ring (bicyclic) bond motifs is 3. The maximum Gasteiger partial charge on any atom is 0.343 e. The summed E-state index contributed by atoms with van der Waals surface area (Å²) in [5.74, 6) is -0.0316. The minimum atomic E-state index is -0.534. The van der Waals surface area contributed by atoms with Crippen molar-refractivity contribution in [3.8, 4) is 16.9 Å². The number of anilines is 1. The molecule has 1 atom stereocenters. The van der Waals surface area contributed by atoms with Crippen molar-refractivity contribution in [3.63, 3.8) is 0 Å². The minimum absolute atomic E-state index is 0.0879. The quantitative estimate of drug-likeness (QED) is 0.293. The highest BCUT2D eigenvalue weighted by Crippen LogP contribution is 2.44. The monoisotopic (exact) mass is 538 g/mol. The molecule has 0 radical (unpaired) electrons. The summed E-state index contributed by atoms with van der Waals surface area (Å²) >= 11 is 1.26. The number of methoxy groups -OCH3 is 1. The van der Waals surface area contributed by atoms with Crippen LogP contribution >= 0.6 is 11.9 Å². The van der Waals surface area contributed by atoms with Crippen LogP contribution in [0.5, 0.6) is 5.75 Å². The molecule has 1 unspecified atom stereocenters. The summed E-state index contributed by atoms with van der Waals surface area (Å²) in [6.45, 7) is 3.77. The Hall–Kier alpha value is -3.76. The zero-order chi connectivity index (χ0) is 26.6. The smallest absolute Gasteiger partial charge is 0.343 e. The van der Waals surface area contributed by atoms with Gasteiger partial charge in [-0.1, -0.05) is 12.2 Å². The zero-order valence-electron chi connectivity index (χ0n) is 21.0. The van der Waals surface area contributed by atoms with E-state index >= 15 is 0 Å². The van der Waals surface area contributed by atoms with Crippen LogP contribution in [0, 0.1) is 5.82 Å². The predicted molar refractivity (Wildman–Crippen MR) is 141 cm³/mol. The molecule has 38 heavy (non-hydrogen) atoms. The maximum absolute atomic E-state index is 14.1. The van der Waals surface area contributed by atoms with E-state index in [-0.39, 0.29) is 30.1 Å². The maximum atomic E-state index is 14.1. The lowest BCUT2D eigenvalue weighted by molar-refractivity contribution is -0.145. The fraction of sp³-hybridized carbons (Fsp3) is 0.286. The third-order valence-electron chi connectivity index (χ3n) is 6.40. The normalized spacial score (nSPS) is 16.6. The number of carbonyl (C=O) groups excluding carboxylic acids is 2. The second kappa shape index (κ2) is 11.3. The fourth-order valence-electron chi connectivity index (χ4n) is 4.64. The first-order valence-electron chi connectivity index (χ1n) is 12.2. The molecule has 2 aliphatic heterocycles. The molecule has 0 bridgehead atoms. The number of likely N-dealkylation sites (tertiary alicyclic amines) is 1. The molecule has 0 amide bonds. The van der Waals surface area contributed by atoms with Gasteiger partial charge in [-0.25, -0.2) is 9.18 Å². The van der Waals surface area contributed by atoms with Gasteiger partial charge in [0, 0.05) is 42.6 Å². The molecule has 198 valence electrons. The van der Waals surface area contributed by atoms with Gasteiger partial charge >= 0.3 is 11.9 Å². The Morgan fingerprint density at radius 1 is 1.24 bits per heavy atom. The van der Waals surface area contributed by atoms with Gasteiger partial charge < -0.3 is 23.3 Å². The molecule has 5 rings (SSSR count). The number of ether oxygens (including phenoxy) is 3. The summed E-state index contributed by atoms with van der Waals surface area (Å²) in [7, 11) is 1.32. The van der Waals surface area contributed by atoms with Gasteiger partial charge in [0.25, 0.3) is 0 Å². The lowest BCUT2D eigenvalue weighted by Crippen LogP contribution is -2.24. The zero-order valence-corrected chi connectivity index (χ0v) is 21.8. The summed E-state index contributed by atoms with van der Waals surface area (Å²) in [5.41, 5.74) is 3.10. The van der Waals surface area contributed by atoms with Gasteiger partial charge in [0.1, 0.15) is 35.6 Å². The van der Waals surface area contributed by atoms with E-state index in [1.54, 1.807) is 18.4 Å². The molecule has 0 spiro atoms. The number of furan rings is 1. The summed E-state index contributed by atoms with van der Waals surface area (Å²) < 4.78 is 39.0. The van der Waals surface area contributed by atoms with Crippen LogP contribution in [-0.4, -0.2) is 49.7 Å². The Morgan fingerprint density at radius 3 is 2.92 bits per heavy atom. The first kappa shape index (κ1) is 25.9. The Bertz CT molecular complexity index is 1390. The molecule has 3 aromatic rings. The highest BCUT2D eigenvalue weighted by Gasteiger charge is 2.28. The Labute approximate surface area is 223 Å². The number of benzene rings is 2. The van der Waals surface area contributed by atoms with Crippen molar-refractivity contribution < 1.29 is 32.6 Å². The molecule has 2 aliphatic rings. The summed E-state index contributed by atoms with van der Waals surface area (Å²) in [4.78, 5) is 26.9. The molecule has 0 aliphatic carbocycles. The largest absolute Gasteiger partial charge is 0.484 e. The third kappa shape index (κ3) is 5.56. The van der Waals surface area contributed by atoms with Gasteiger partial charge in [0.05, 0.1) is 19.1 Å². The van der Waals surface area contributed by atoms with Crippen LogP contribution in [0.4, 0.5) is 10.1 Å². The number of rotatable bonds is 8. The SMILES string of the molecule is COC(=O)c1c(NSc2ccc(F)cc2/C=C\CN2CCC(OC(C)=O)C2)ccc2c1OCc1occc1-2. The van der Waals surface area contributed by atoms with E-state index in [9.17, 15) is 14.0 Å². The summed E-state index contributed by atoms with van der Waals surface area (Å²) in [5, 5.41) is 0. The average Bonchev–Trinajstić information content (AvgIpc) is 3.56. The standard InChI is InChI=1S/C28H27FN2O6S/c1-17(32)37-20-9-12-31(15-20)11-3-4-18-14-19(29)5-8-25(18)38-30-23-7-6-22-21-10-13-35-24(21)16-36-27(22)26(23)28(33)34-2/h3-8,10,13-14,20,30H,9,11-12,15-16H2,1-2H3/b4-3-. The van der Waals surface area contributed by atoms with Crippen LogP contribution in [0.25, 0.3) is 17.2 Å². The molecule has 1 fully saturated rings. The Kier molecular flexibility index (Phi) is 7.71. The Morgan fingerprint density at radius 2 is 2.11 bits per heavy atom. The van der Waals surface area contributed by atoms with E-state index < -0.39 is 5.97 Å². The van der Waals surface area contributed by atoms with Crippen LogP contribution in [0.1, 0.15) is 35.0 Å².